The molecule has 0 radical (unpaired) electrons. The van der Waals surface area contributed by atoms with E-state index in [9.17, 15) is 18.8 Å². The van der Waals surface area contributed by atoms with Gasteiger partial charge in [0.15, 0.2) is 5.78 Å². The Morgan fingerprint density at radius 3 is 2.52 bits per heavy atom. The highest BCUT2D eigenvalue weighted by atomic mass is 19.1. The van der Waals surface area contributed by atoms with E-state index in [1.165, 1.54) is 18.2 Å². The lowest BCUT2D eigenvalue weighted by molar-refractivity contribution is -0.138. The van der Waals surface area contributed by atoms with Crippen LogP contribution < -0.4 is 0 Å². The van der Waals surface area contributed by atoms with Crippen molar-refractivity contribution in [3.63, 3.8) is 0 Å². The largest absolute Gasteiger partial charge is 0.292 e. The van der Waals surface area contributed by atoms with Gasteiger partial charge in [-0.05, 0) is 17.7 Å². The van der Waals surface area contributed by atoms with E-state index < -0.39 is 17.5 Å². The summed E-state index contributed by atoms with van der Waals surface area (Å²) in [4.78, 5) is 37.6. The second-order valence-electron chi connectivity index (χ2n) is 5.42. The van der Waals surface area contributed by atoms with E-state index in [2.05, 4.69) is 0 Å². The van der Waals surface area contributed by atoms with Crippen LogP contribution in [0, 0.1) is 5.82 Å². The Hall–Kier alpha value is -2.82. The number of imide groups is 1. The van der Waals surface area contributed by atoms with E-state index in [1.807, 2.05) is 6.07 Å². The molecule has 1 saturated heterocycles. The third-order valence-corrected chi connectivity index (χ3v) is 3.89. The Bertz CT molecular complexity index is 773. The SMILES string of the molecule is O=C(CN1C(=O)C[C@H](c2ccccc2)C1=O)c1cccc(F)c1. The van der Waals surface area contributed by atoms with Gasteiger partial charge in [0.1, 0.15) is 5.82 Å². The first-order valence-corrected chi connectivity index (χ1v) is 7.24. The molecule has 0 unspecified atom stereocenters. The number of Topliss-reactive ketones (excluding diaryl/α,β-unsaturated/α-hetero) is 1. The van der Waals surface area contributed by atoms with Gasteiger partial charge in [-0.1, -0.05) is 42.5 Å². The number of hydrogen-bond acceptors (Lipinski definition) is 3. The Morgan fingerprint density at radius 2 is 1.83 bits per heavy atom. The number of nitrogens with zero attached hydrogens (tertiary/aromatic N) is 1. The first kappa shape index (κ1) is 15.1. The number of carbonyl (C=O) groups is 3. The third kappa shape index (κ3) is 3.04. The molecule has 2 aromatic carbocycles. The molecule has 0 aromatic heterocycles. The average Bonchev–Trinajstić information content (AvgIpc) is 2.84. The molecule has 1 aliphatic heterocycles. The van der Waals surface area contributed by atoms with E-state index >= 15 is 0 Å². The summed E-state index contributed by atoms with van der Waals surface area (Å²) in [7, 11) is 0. The van der Waals surface area contributed by atoms with Gasteiger partial charge in [-0.25, -0.2) is 4.39 Å². The van der Waals surface area contributed by atoms with Crippen LogP contribution in [0.4, 0.5) is 4.39 Å². The fourth-order valence-electron chi connectivity index (χ4n) is 2.69. The predicted molar refractivity (Wildman–Crippen MR) is 81.3 cm³/mol. The second-order valence-corrected chi connectivity index (χ2v) is 5.42. The lowest BCUT2D eigenvalue weighted by Gasteiger charge is -2.14. The van der Waals surface area contributed by atoms with Crippen molar-refractivity contribution < 1.29 is 18.8 Å². The smallest absolute Gasteiger partial charge is 0.237 e. The first-order valence-electron chi connectivity index (χ1n) is 7.24. The molecular formula is C18H14FNO3. The van der Waals surface area contributed by atoms with Crippen molar-refractivity contribution in [3.05, 3.63) is 71.5 Å². The molecule has 0 aliphatic carbocycles. The highest BCUT2D eigenvalue weighted by molar-refractivity contribution is 6.10. The number of amides is 2. The Morgan fingerprint density at radius 1 is 1.09 bits per heavy atom. The molecule has 0 N–H and O–H groups in total. The number of carbonyl (C=O) groups excluding carboxylic acids is 3. The van der Waals surface area contributed by atoms with Crippen molar-refractivity contribution in [1.29, 1.82) is 0 Å². The van der Waals surface area contributed by atoms with Crippen molar-refractivity contribution in [2.45, 2.75) is 12.3 Å². The molecule has 1 fully saturated rings. The van der Waals surface area contributed by atoms with Crippen LogP contribution in [0.3, 0.4) is 0 Å². The van der Waals surface area contributed by atoms with E-state index in [1.54, 1.807) is 24.3 Å². The van der Waals surface area contributed by atoms with Crippen LogP contribution in [-0.4, -0.2) is 29.0 Å². The van der Waals surface area contributed by atoms with Gasteiger partial charge in [-0.15, -0.1) is 0 Å². The monoisotopic (exact) mass is 311 g/mol. The van der Waals surface area contributed by atoms with E-state index in [4.69, 9.17) is 0 Å². The lowest BCUT2D eigenvalue weighted by Crippen LogP contribution is -2.35. The highest BCUT2D eigenvalue weighted by Gasteiger charge is 2.40. The van der Waals surface area contributed by atoms with Crippen LogP contribution in [0.1, 0.15) is 28.3 Å². The summed E-state index contributed by atoms with van der Waals surface area (Å²) < 4.78 is 13.2. The van der Waals surface area contributed by atoms with Crippen molar-refractivity contribution in [3.8, 4) is 0 Å². The molecule has 2 amide bonds. The molecule has 1 aliphatic rings. The molecule has 0 spiro atoms. The Balaban J connectivity index is 1.77. The minimum Gasteiger partial charge on any atom is -0.292 e. The van der Waals surface area contributed by atoms with Gasteiger partial charge in [-0.2, -0.15) is 0 Å². The molecular weight excluding hydrogens is 297 g/mol. The summed E-state index contributed by atoms with van der Waals surface area (Å²) in [6, 6.07) is 14.2. The van der Waals surface area contributed by atoms with Crippen LogP contribution in [0.25, 0.3) is 0 Å². The number of rotatable bonds is 4. The zero-order valence-corrected chi connectivity index (χ0v) is 12.2. The molecule has 116 valence electrons. The van der Waals surface area contributed by atoms with Crippen LogP contribution in [-0.2, 0) is 9.59 Å². The molecule has 1 atom stereocenters. The van der Waals surface area contributed by atoms with Crippen molar-refractivity contribution >= 4 is 17.6 Å². The van der Waals surface area contributed by atoms with Gasteiger partial charge < -0.3 is 0 Å². The number of halogens is 1. The normalized spacial score (nSPS) is 17.6. The maximum absolute atomic E-state index is 13.2. The van der Waals surface area contributed by atoms with Crippen LogP contribution in [0.2, 0.25) is 0 Å². The van der Waals surface area contributed by atoms with Gasteiger partial charge in [0.05, 0.1) is 12.5 Å². The Labute approximate surface area is 132 Å². The molecule has 0 bridgehead atoms. The number of likely N-dealkylation sites (tertiary alicyclic amines) is 1. The molecule has 4 nitrogen and oxygen atoms in total. The fraction of sp³-hybridized carbons (Fsp3) is 0.167. The summed E-state index contributed by atoms with van der Waals surface area (Å²) in [6.45, 7) is -0.357. The third-order valence-electron chi connectivity index (χ3n) is 3.89. The maximum atomic E-state index is 13.2. The van der Waals surface area contributed by atoms with E-state index in [0.717, 1.165) is 16.5 Å². The van der Waals surface area contributed by atoms with E-state index in [-0.39, 0.29) is 30.3 Å². The summed E-state index contributed by atoms with van der Waals surface area (Å²) in [5, 5.41) is 0. The number of benzene rings is 2. The van der Waals surface area contributed by atoms with Gasteiger partial charge in [0.2, 0.25) is 11.8 Å². The van der Waals surface area contributed by atoms with Gasteiger partial charge in [0, 0.05) is 12.0 Å². The average molecular weight is 311 g/mol. The zero-order valence-electron chi connectivity index (χ0n) is 12.2. The lowest BCUT2D eigenvalue weighted by atomic mass is 9.98. The van der Waals surface area contributed by atoms with Gasteiger partial charge in [-0.3, -0.25) is 19.3 Å². The summed E-state index contributed by atoms with van der Waals surface area (Å²) in [5.74, 6) is -2.31. The van der Waals surface area contributed by atoms with Gasteiger partial charge in [0.25, 0.3) is 0 Å². The zero-order chi connectivity index (χ0) is 16.4. The summed E-state index contributed by atoms with van der Waals surface area (Å²) in [5.41, 5.74) is 0.903. The molecule has 3 rings (SSSR count). The second kappa shape index (κ2) is 6.12. The fourth-order valence-corrected chi connectivity index (χ4v) is 2.69. The summed E-state index contributed by atoms with van der Waals surface area (Å²) >= 11 is 0. The van der Waals surface area contributed by atoms with Crippen molar-refractivity contribution in [1.82, 2.24) is 4.90 Å². The van der Waals surface area contributed by atoms with Crippen molar-refractivity contribution in [2.24, 2.45) is 0 Å². The highest BCUT2D eigenvalue weighted by Crippen LogP contribution is 2.29. The first-order chi connectivity index (χ1) is 11.1. The molecule has 1 heterocycles. The Kier molecular flexibility index (Phi) is 4.02. The summed E-state index contributed by atoms with van der Waals surface area (Å²) in [6.07, 6.45) is 0.0548. The maximum Gasteiger partial charge on any atom is 0.237 e. The topological polar surface area (TPSA) is 54.5 Å². The quantitative estimate of drug-likeness (QED) is 0.644. The van der Waals surface area contributed by atoms with Crippen molar-refractivity contribution in [2.75, 3.05) is 6.54 Å². The van der Waals surface area contributed by atoms with Crippen LogP contribution in [0.15, 0.2) is 54.6 Å². The van der Waals surface area contributed by atoms with E-state index in [0.29, 0.717) is 0 Å². The minimum absolute atomic E-state index is 0.0548. The number of ketones is 1. The molecule has 0 saturated carbocycles. The number of hydrogen-bond donors (Lipinski definition) is 0. The van der Waals surface area contributed by atoms with Crippen LogP contribution in [0.5, 0.6) is 0 Å². The molecule has 5 heteroatoms. The van der Waals surface area contributed by atoms with Crippen LogP contribution >= 0.6 is 0 Å². The minimum atomic E-state index is -0.552. The predicted octanol–water partition coefficient (Wildman–Crippen LogP) is 2.55. The van der Waals surface area contributed by atoms with Gasteiger partial charge >= 0.3 is 0 Å². The standard InChI is InChI=1S/C18H14FNO3/c19-14-8-4-7-13(9-14)16(21)11-20-17(22)10-15(18(20)23)12-5-2-1-3-6-12/h1-9,15H,10-11H2/t15-/m1/s1. The molecule has 23 heavy (non-hydrogen) atoms. The molecule has 2 aromatic rings.